The Kier molecular flexibility index (Phi) is 7.47. The molecule has 1 N–H and O–H groups in total. The second-order valence-corrected chi connectivity index (χ2v) is 11.4. The summed E-state index contributed by atoms with van der Waals surface area (Å²) in [6.07, 6.45) is 0.733. The van der Waals surface area contributed by atoms with E-state index in [-0.39, 0.29) is 11.4 Å². The van der Waals surface area contributed by atoms with Crippen LogP contribution in [0.4, 0.5) is 10.1 Å². The number of carbonyl (C=O) groups is 2. The standard InChI is InChI=1S/C25H32FN3O4S/c1-17(2)12-13-27-24(31)25(5)16-28(34(32,33)21-9-6-18(3)7-10-21)15-23(30)29(25)22-11-8-20(26)14-19(22)4/h6-11,14,17H,12-13,15-16H2,1-5H3,(H,27,31). The van der Waals surface area contributed by atoms with Crippen LogP contribution < -0.4 is 10.2 Å². The van der Waals surface area contributed by atoms with Gasteiger partial charge in [0.05, 0.1) is 11.4 Å². The van der Waals surface area contributed by atoms with E-state index in [9.17, 15) is 22.4 Å². The molecule has 0 aromatic heterocycles. The minimum atomic E-state index is -4.03. The lowest BCUT2D eigenvalue weighted by atomic mass is 9.93. The highest BCUT2D eigenvalue weighted by Gasteiger charge is 2.51. The minimum absolute atomic E-state index is 0.0554. The number of hydrogen-bond donors (Lipinski definition) is 1. The first-order valence-corrected chi connectivity index (χ1v) is 12.7. The normalized spacial score (nSPS) is 19.5. The second kappa shape index (κ2) is 9.84. The minimum Gasteiger partial charge on any atom is -0.354 e. The molecule has 0 aliphatic carbocycles. The highest BCUT2D eigenvalue weighted by Crippen LogP contribution is 2.34. The maximum absolute atomic E-state index is 13.8. The topological polar surface area (TPSA) is 86.8 Å². The van der Waals surface area contributed by atoms with E-state index in [2.05, 4.69) is 5.32 Å². The van der Waals surface area contributed by atoms with E-state index in [1.54, 1.807) is 26.0 Å². The Morgan fingerprint density at radius 2 is 1.79 bits per heavy atom. The first kappa shape index (κ1) is 25.8. The average molecular weight is 490 g/mol. The molecule has 2 aromatic rings. The van der Waals surface area contributed by atoms with Gasteiger partial charge in [0, 0.05) is 18.8 Å². The molecule has 0 bridgehead atoms. The van der Waals surface area contributed by atoms with E-state index < -0.39 is 39.7 Å². The summed E-state index contributed by atoms with van der Waals surface area (Å²) in [6, 6.07) is 10.3. The average Bonchev–Trinajstić information content (AvgIpc) is 2.74. The number of carbonyl (C=O) groups excluding carboxylic acids is 2. The lowest BCUT2D eigenvalue weighted by Crippen LogP contribution is -2.70. The van der Waals surface area contributed by atoms with Gasteiger partial charge in [-0.3, -0.25) is 14.5 Å². The van der Waals surface area contributed by atoms with Crippen molar-refractivity contribution < 1.29 is 22.4 Å². The van der Waals surface area contributed by atoms with Crippen molar-refractivity contribution in [1.82, 2.24) is 9.62 Å². The maximum atomic E-state index is 13.8. The Hall–Kier alpha value is -2.78. The van der Waals surface area contributed by atoms with Crippen LogP contribution in [0.3, 0.4) is 0 Å². The smallest absolute Gasteiger partial charge is 0.247 e. The van der Waals surface area contributed by atoms with Crippen LogP contribution >= 0.6 is 0 Å². The fourth-order valence-electron chi connectivity index (χ4n) is 4.10. The van der Waals surface area contributed by atoms with Crippen molar-refractivity contribution >= 4 is 27.5 Å². The van der Waals surface area contributed by atoms with Crippen LogP contribution in [-0.4, -0.2) is 49.7 Å². The molecule has 7 nitrogen and oxygen atoms in total. The Labute approximate surface area is 201 Å². The maximum Gasteiger partial charge on any atom is 0.247 e. The lowest BCUT2D eigenvalue weighted by Gasteiger charge is -2.47. The van der Waals surface area contributed by atoms with Crippen LogP contribution in [0.1, 0.15) is 38.3 Å². The molecule has 34 heavy (non-hydrogen) atoms. The predicted octanol–water partition coefficient (Wildman–Crippen LogP) is 3.40. The van der Waals surface area contributed by atoms with Crippen molar-refractivity contribution in [3.8, 4) is 0 Å². The number of halogens is 1. The molecule has 1 aliphatic rings. The monoisotopic (exact) mass is 489 g/mol. The molecule has 1 saturated heterocycles. The number of rotatable bonds is 7. The SMILES string of the molecule is Cc1ccc(S(=O)(=O)N2CC(=O)N(c3ccc(F)cc3C)C(C)(C(=O)NCCC(C)C)C2)cc1. The van der Waals surface area contributed by atoms with Crippen molar-refractivity contribution in [3.63, 3.8) is 0 Å². The molecule has 1 unspecified atom stereocenters. The summed E-state index contributed by atoms with van der Waals surface area (Å²) in [7, 11) is -4.03. The predicted molar refractivity (Wildman–Crippen MR) is 129 cm³/mol. The number of benzene rings is 2. The van der Waals surface area contributed by atoms with Gasteiger partial charge in [-0.1, -0.05) is 31.5 Å². The van der Waals surface area contributed by atoms with E-state index >= 15 is 0 Å². The third kappa shape index (κ3) is 5.15. The molecule has 2 aromatic carbocycles. The van der Waals surface area contributed by atoms with Crippen LogP contribution in [0, 0.1) is 25.6 Å². The molecule has 3 rings (SSSR count). The van der Waals surface area contributed by atoms with Gasteiger partial charge < -0.3 is 5.32 Å². The molecule has 0 spiro atoms. The van der Waals surface area contributed by atoms with Crippen molar-refractivity contribution in [2.24, 2.45) is 5.92 Å². The third-order valence-electron chi connectivity index (χ3n) is 6.09. The molecule has 0 saturated carbocycles. The zero-order valence-electron chi connectivity index (χ0n) is 20.3. The molecule has 184 valence electrons. The van der Waals surface area contributed by atoms with Gasteiger partial charge in [0.2, 0.25) is 21.8 Å². The zero-order chi connectivity index (χ0) is 25.3. The van der Waals surface area contributed by atoms with Gasteiger partial charge in [-0.25, -0.2) is 12.8 Å². The van der Waals surface area contributed by atoms with E-state index in [1.165, 1.54) is 35.2 Å². The number of hydrogen-bond acceptors (Lipinski definition) is 4. The summed E-state index contributed by atoms with van der Waals surface area (Å²) < 4.78 is 41.6. The molecule has 2 amide bonds. The zero-order valence-corrected chi connectivity index (χ0v) is 21.1. The fraction of sp³-hybridized carbons (Fsp3) is 0.440. The van der Waals surface area contributed by atoms with Crippen LogP contribution in [0.15, 0.2) is 47.4 Å². The molecule has 1 fully saturated rings. The molecule has 9 heteroatoms. The number of nitrogens with zero attached hydrogens (tertiary/aromatic N) is 2. The molecular weight excluding hydrogens is 457 g/mol. The highest BCUT2D eigenvalue weighted by molar-refractivity contribution is 7.89. The quantitative estimate of drug-likeness (QED) is 0.646. The highest BCUT2D eigenvalue weighted by atomic mass is 32.2. The summed E-state index contributed by atoms with van der Waals surface area (Å²) in [4.78, 5) is 28.3. The second-order valence-electron chi connectivity index (χ2n) is 9.46. The molecule has 1 atom stereocenters. The number of amides is 2. The number of nitrogens with one attached hydrogen (secondary N) is 1. The number of aryl methyl sites for hydroxylation is 2. The van der Waals surface area contributed by atoms with Gasteiger partial charge in [0.25, 0.3) is 0 Å². The van der Waals surface area contributed by atoms with Crippen LogP contribution in [0.2, 0.25) is 0 Å². The molecule has 0 radical (unpaired) electrons. The van der Waals surface area contributed by atoms with Gasteiger partial charge in [0.15, 0.2) is 0 Å². The number of piperazine rings is 1. The Bertz CT molecular complexity index is 1180. The van der Waals surface area contributed by atoms with Crippen molar-refractivity contribution in [2.45, 2.75) is 51.5 Å². The summed E-state index contributed by atoms with van der Waals surface area (Å²) >= 11 is 0. The van der Waals surface area contributed by atoms with Crippen LogP contribution in [0.25, 0.3) is 0 Å². The van der Waals surface area contributed by atoms with Crippen LogP contribution in [0.5, 0.6) is 0 Å². The summed E-state index contributed by atoms with van der Waals surface area (Å²) in [5.41, 5.74) is 0.220. The van der Waals surface area contributed by atoms with Gasteiger partial charge in [-0.05, 0) is 69.0 Å². The summed E-state index contributed by atoms with van der Waals surface area (Å²) in [6.45, 7) is 8.84. The largest absolute Gasteiger partial charge is 0.354 e. The van der Waals surface area contributed by atoms with E-state index in [0.29, 0.717) is 23.7 Å². The van der Waals surface area contributed by atoms with Crippen molar-refractivity contribution in [1.29, 1.82) is 0 Å². The van der Waals surface area contributed by atoms with Gasteiger partial charge in [-0.2, -0.15) is 4.31 Å². The number of anilines is 1. The Morgan fingerprint density at radius 1 is 1.15 bits per heavy atom. The van der Waals surface area contributed by atoms with E-state index in [1.807, 2.05) is 20.8 Å². The van der Waals surface area contributed by atoms with Crippen LogP contribution in [-0.2, 0) is 19.6 Å². The molecule has 1 heterocycles. The van der Waals surface area contributed by atoms with Gasteiger partial charge in [-0.15, -0.1) is 0 Å². The van der Waals surface area contributed by atoms with Gasteiger partial charge in [0.1, 0.15) is 11.4 Å². The first-order chi connectivity index (χ1) is 15.9. The third-order valence-corrected chi connectivity index (χ3v) is 7.90. The van der Waals surface area contributed by atoms with Crippen molar-refractivity contribution in [2.75, 3.05) is 24.5 Å². The fourth-order valence-corrected chi connectivity index (χ4v) is 5.58. The van der Waals surface area contributed by atoms with E-state index in [0.717, 1.165) is 16.3 Å². The van der Waals surface area contributed by atoms with Crippen molar-refractivity contribution in [3.05, 3.63) is 59.4 Å². The lowest BCUT2D eigenvalue weighted by molar-refractivity contribution is -0.132. The summed E-state index contributed by atoms with van der Waals surface area (Å²) in [5, 5.41) is 2.87. The van der Waals surface area contributed by atoms with Gasteiger partial charge >= 0.3 is 0 Å². The number of sulfonamides is 1. The summed E-state index contributed by atoms with van der Waals surface area (Å²) in [5.74, 6) is -1.13. The Balaban J connectivity index is 2.04. The molecular formula is C25H32FN3O4S. The van der Waals surface area contributed by atoms with E-state index in [4.69, 9.17) is 0 Å². The Morgan fingerprint density at radius 3 is 2.38 bits per heavy atom. The molecule has 1 aliphatic heterocycles. The first-order valence-electron chi connectivity index (χ1n) is 11.3.